The molecule has 0 radical (unpaired) electrons. The second-order valence-corrected chi connectivity index (χ2v) is 4.62. The first-order valence-corrected chi connectivity index (χ1v) is 5.90. The van der Waals surface area contributed by atoms with E-state index in [9.17, 15) is 4.79 Å². The van der Waals surface area contributed by atoms with Crippen LogP contribution in [-0.2, 0) is 11.3 Å². The Morgan fingerprint density at radius 1 is 1.26 bits per heavy atom. The van der Waals surface area contributed by atoms with Crippen molar-refractivity contribution < 1.29 is 9.90 Å². The first-order chi connectivity index (χ1) is 8.20. The molecule has 2 unspecified atom stereocenters. The minimum absolute atomic E-state index is 0. The Morgan fingerprint density at radius 2 is 1.89 bits per heavy atom. The quantitative estimate of drug-likeness (QED) is 0.887. The molecule has 1 aromatic rings. The predicted octanol–water partition coefficient (Wildman–Crippen LogP) is 1.62. The van der Waals surface area contributed by atoms with E-state index in [0.717, 1.165) is 13.1 Å². The number of aliphatic carboxylic acids is 1. The number of rotatable bonds is 4. The third-order valence-corrected chi connectivity index (χ3v) is 3.39. The lowest BCUT2D eigenvalue weighted by Crippen LogP contribution is -2.27. The van der Waals surface area contributed by atoms with Crippen LogP contribution in [0, 0.1) is 11.8 Å². The Hall–Kier alpha value is -0.810. The molecule has 108 valence electrons. The van der Waals surface area contributed by atoms with Crippen LogP contribution in [-0.4, -0.2) is 35.6 Å². The van der Waals surface area contributed by atoms with Crippen molar-refractivity contribution in [2.75, 3.05) is 19.6 Å². The van der Waals surface area contributed by atoms with E-state index in [-0.39, 0.29) is 36.6 Å². The van der Waals surface area contributed by atoms with Crippen molar-refractivity contribution in [2.24, 2.45) is 17.6 Å². The number of carbonyl (C=O) groups is 1. The highest BCUT2D eigenvalue weighted by atomic mass is 35.5. The molecule has 1 heterocycles. The van der Waals surface area contributed by atoms with Crippen molar-refractivity contribution in [3.05, 3.63) is 35.9 Å². The van der Waals surface area contributed by atoms with Gasteiger partial charge < -0.3 is 10.8 Å². The number of halogens is 2. The molecule has 1 fully saturated rings. The van der Waals surface area contributed by atoms with Crippen molar-refractivity contribution in [3.63, 3.8) is 0 Å². The maximum absolute atomic E-state index is 11.1. The van der Waals surface area contributed by atoms with Crippen molar-refractivity contribution in [2.45, 2.75) is 6.54 Å². The highest BCUT2D eigenvalue weighted by Crippen LogP contribution is 2.24. The van der Waals surface area contributed by atoms with Crippen LogP contribution >= 0.6 is 24.8 Å². The number of hydrogen-bond donors (Lipinski definition) is 2. The van der Waals surface area contributed by atoms with Crippen LogP contribution in [0.1, 0.15) is 5.56 Å². The summed E-state index contributed by atoms with van der Waals surface area (Å²) in [5.41, 5.74) is 6.84. The maximum atomic E-state index is 11.1. The van der Waals surface area contributed by atoms with Gasteiger partial charge in [0.15, 0.2) is 0 Å². The summed E-state index contributed by atoms with van der Waals surface area (Å²) in [7, 11) is 0. The summed E-state index contributed by atoms with van der Waals surface area (Å²) in [6.45, 7) is 2.64. The molecular formula is C13H20Cl2N2O2. The fourth-order valence-corrected chi connectivity index (χ4v) is 2.45. The lowest BCUT2D eigenvalue weighted by Gasteiger charge is -2.15. The number of likely N-dealkylation sites (tertiary alicyclic amines) is 1. The molecule has 0 bridgehead atoms. The fraction of sp³-hybridized carbons (Fsp3) is 0.462. The molecule has 3 N–H and O–H groups in total. The monoisotopic (exact) mass is 306 g/mol. The molecule has 4 nitrogen and oxygen atoms in total. The van der Waals surface area contributed by atoms with Gasteiger partial charge in [0.1, 0.15) is 0 Å². The minimum atomic E-state index is -0.726. The first kappa shape index (κ1) is 18.2. The van der Waals surface area contributed by atoms with Gasteiger partial charge in [-0.15, -0.1) is 24.8 Å². The number of nitrogens with two attached hydrogens (primary N) is 1. The van der Waals surface area contributed by atoms with Crippen LogP contribution in [0.25, 0.3) is 0 Å². The van der Waals surface area contributed by atoms with Crippen molar-refractivity contribution >= 4 is 30.8 Å². The third kappa shape index (κ3) is 4.66. The minimum Gasteiger partial charge on any atom is -0.481 e. The summed E-state index contributed by atoms with van der Waals surface area (Å²) in [5.74, 6) is -0.962. The molecule has 19 heavy (non-hydrogen) atoms. The second-order valence-electron chi connectivity index (χ2n) is 4.62. The first-order valence-electron chi connectivity index (χ1n) is 5.90. The number of carboxylic acid groups (broad SMARTS) is 1. The van der Waals surface area contributed by atoms with E-state index in [2.05, 4.69) is 17.0 Å². The van der Waals surface area contributed by atoms with E-state index in [0.29, 0.717) is 13.1 Å². The molecule has 0 amide bonds. The topological polar surface area (TPSA) is 66.6 Å². The molecule has 2 atom stereocenters. The predicted molar refractivity (Wildman–Crippen MR) is 79.9 cm³/mol. The maximum Gasteiger partial charge on any atom is 0.308 e. The van der Waals surface area contributed by atoms with Crippen LogP contribution in [0.5, 0.6) is 0 Å². The Bertz CT molecular complexity index is 389. The van der Waals surface area contributed by atoms with Crippen LogP contribution in [0.2, 0.25) is 0 Å². The lowest BCUT2D eigenvalue weighted by molar-refractivity contribution is -0.142. The molecule has 1 aliphatic rings. The van der Waals surface area contributed by atoms with Gasteiger partial charge in [-0.3, -0.25) is 9.69 Å². The van der Waals surface area contributed by atoms with Crippen LogP contribution in [0.4, 0.5) is 0 Å². The molecule has 6 heteroatoms. The zero-order valence-corrected chi connectivity index (χ0v) is 12.2. The molecule has 0 saturated carbocycles. The van der Waals surface area contributed by atoms with Gasteiger partial charge in [0.2, 0.25) is 0 Å². The van der Waals surface area contributed by atoms with Gasteiger partial charge in [-0.05, 0) is 18.0 Å². The van der Waals surface area contributed by atoms with E-state index >= 15 is 0 Å². The Morgan fingerprint density at radius 3 is 2.37 bits per heavy atom. The standard InChI is InChI=1S/C13H18N2O2.2ClH/c14-6-11-8-15(9-12(11)13(16)17)7-10-4-2-1-3-5-10;;/h1-5,11-12H,6-9,14H2,(H,16,17);2*1H. The largest absolute Gasteiger partial charge is 0.481 e. The Labute approximate surface area is 125 Å². The van der Waals surface area contributed by atoms with E-state index in [1.165, 1.54) is 5.56 Å². The zero-order valence-electron chi connectivity index (χ0n) is 10.6. The van der Waals surface area contributed by atoms with Crippen molar-refractivity contribution in [1.82, 2.24) is 4.90 Å². The van der Waals surface area contributed by atoms with Crippen molar-refractivity contribution in [3.8, 4) is 0 Å². The molecule has 2 rings (SSSR count). The number of benzene rings is 1. The highest BCUT2D eigenvalue weighted by Gasteiger charge is 2.36. The average Bonchev–Trinajstić information content (AvgIpc) is 2.73. The summed E-state index contributed by atoms with van der Waals surface area (Å²) in [4.78, 5) is 13.3. The third-order valence-electron chi connectivity index (χ3n) is 3.39. The van der Waals surface area contributed by atoms with E-state index < -0.39 is 5.97 Å². The van der Waals surface area contributed by atoms with Gasteiger partial charge in [-0.25, -0.2) is 0 Å². The lowest BCUT2D eigenvalue weighted by atomic mass is 9.97. The normalized spacial score (nSPS) is 22.4. The average molecular weight is 307 g/mol. The van der Waals surface area contributed by atoms with Gasteiger partial charge in [-0.1, -0.05) is 30.3 Å². The summed E-state index contributed by atoms with van der Waals surface area (Å²) in [6.07, 6.45) is 0. The Balaban J connectivity index is 0.00000162. The van der Waals surface area contributed by atoms with Gasteiger partial charge in [0.05, 0.1) is 5.92 Å². The van der Waals surface area contributed by atoms with Crippen LogP contribution in [0.15, 0.2) is 30.3 Å². The van der Waals surface area contributed by atoms with Gasteiger partial charge in [0, 0.05) is 19.6 Å². The van der Waals surface area contributed by atoms with Gasteiger partial charge in [-0.2, -0.15) is 0 Å². The van der Waals surface area contributed by atoms with E-state index in [1.807, 2.05) is 18.2 Å². The molecule has 1 aromatic carbocycles. The summed E-state index contributed by atoms with van der Waals surface area (Å²) in [6, 6.07) is 10.1. The molecule has 0 spiro atoms. The molecular weight excluding hydrogens is 287 g/mol. The zero-order chi connectivity index (χ0) is 12.3. The second kappa shape index (κ2) is 8.38. The summed E-state index contributed by atoms with van der Waals surface area (Å²) in [5, 5.41) is 9.12. The fourth-order valence-electron chi connectivity index (χ4n) is 2.45. The molecule has 0 aliphatic carbocycles. The number of hydrogen-bond acceptors (Lipinski definition) is 3. The highest BCUT2D eigenvalue weighted by molar-refractivity contribution is 5.85. The van der Waals surface area contributed by atoms with Crippen LogP contribution < -0.4 is 5.73 Å². The molecule has 0 aromatic heterocycles. The van der Waals surface area contributed by atoms with Crippen molar-refractivity contribution in [1.29, 1.82) is 0 Å². The summed E-state index contributed by atoms with van der Waals surface area (Å²) >= 11 is 0. The number of nitrogens with zero attached hydrogens (tertiary/aromatic N) is 1. The molecule has 1 aliphatic heterocycles. The van der Waals surface area contributed by atoms with E-state index in [1.54, 1.807) is 0 Å². The van der Waals surface area contributed by atoms with Gasteiger partial charge in [0.25, 0.3) is 0 Å². The Kier molecular flexibility index (Phi) is 8.02. The molecule has 1 saturated heterocycles. The van der Waals surface area contributed by atoms with Crippen LogP contribution in [0.3, 0.4) is 0 Å². The van der Waals surface area contributed by atoms with E-state index in [4.69, 9.17) is 10.8 Å². The number of carboxylic acids is 1. The summed E-state index contributed by atoms with van der Waals surface area (Å²) < 4.78 is 0. The SMILES string of the molecule is Cl.Cl.NCC1CN(Cc2ccccc2)CC1C(=O)O. The van der Waals surface area contributed by atoms with Gasteiger partial charge >= 0.3 is 5.97 Å². The smallest absolute Gasteiger partial charge is 0.308 e.